The summed E-state index contributed by atoms with van der Waals surface area (Å²) in [6, 6.07) is 23.4. The van der Waals surface area contributed by atoms with Gasteiger partial charge in [-0.3, -0.25) is 15.1 Å². The molecule has 0 radical (unpaired) electrons. The van der Waals surface area contributed by atoms with E-state index in [-0.39, 0.29) is 10.6 Å². The van der Waals surface area contributed by atoms with Gasteiger partial charge >= 0.3 is 0 Å². The number of nitrogens with zero attached hydrogens (tertiary/aromatic N) is 3. The Balaban J connectivity index is 1.65. The predicted octanol–water partition coefficient (Wildman–Crippen LogP) is 5.84. The van der Waals surface area contributed by atoms with Crippen molar-refractivity contribution in [2.75, 3.05) is 25.0 Å². The van der Waals surface area contributed by atoms with Crippen LogP contribution in [0.15, 0.2) is 88.8 Å². The first-order valence-electron chi connectivity index (χ1n) is 10.1. The molecule has 3 aromatic carbocycles. The average molecular weight is 430 g/mol. The molecule has 1 heterocycles. The molecule has 0 spiro atoms. The second kappa shape index (κ2) is 9.62. The van der Waals surface area contributed by atoms with Crippen LogP contribution >= 0.6 is 11.8 Å². The van der Waals surface area contributed by atoms with E-state index in [0.29, 0.717) is 6.54 Å². The van der Waals surface area contributed by atoms with Crippen LogP contribution in [0.5, 0.6) is 0 Å². The summed E-state index contributed by atoms with van der Waals surface area (Å²) in [4.78, 5) is 19.0. The van der Waals surface area contributed by atoms with Crippen molar-refractivity contribution in [3.05, 3.63) is 106 Å². The number of hydrogen-bond donors (Lipinski definition) is 0. The maximum Gasteiger partial charge on any atom is 0.270 e. The van der Waals surface area contributed by atoms with Gasteiger partial charge in [-0.05, 0) is 29.3 Å². The number of fused-ring (bicyclic) bond motifs is 1. The van der Waals surface area contributed by atoms with Crippen LogP contribution in [-0.2, 0) is 5.75 Å². The summed E-state index contributed by atoms with van der Waals surface area (Å²) < 4.78 is 0. The first-order chi connectivity index (χ1) is 15.1. The number of nitro groups is 1. The van der Waals surface area contributed by atoms with E-state index in [2.05, 4.69) is 36.2 Å². The fraction of sp³-hybridized carbons (Fsp3) is 0.160. The highest BCUT2D eigenvalue weighted by atomic mass is 32.2. The van der Waals surface area contributed by atoms with Gasteiger partial charge < -0.3 is 4.90 Å². The second-order valence-corrected chi connectivity index (χ2v) is 8.31. The smallest absolute Gasteiger partial charge is 0.270 e. The van der Waals surface area contributed by atoms with Crippen LogP contribution in [0.2, 0.25) is 0 Å². The molecule has 1 aliphatic heterocycles. The van der Waals surface area contributed by atoms with Gasteiger partial charge in [-0.25, -0.2) is 0 Å². The summed E-state index contributed by atoms with van der Waals surface area (Å²) >= 11 is 1.68. The number of aliphatic imine (C=N–C) groups is 1. The Bertz CT molecular complexity index is 1140. The topological polar surface area (TPSA) is 58.7 Å². The molecule has 6 heteroatoms. The molecule has 5 nitrogen and oxygen atoms in total. The molecule has 0 aliphatic carbocycles. The average Bonchev–Trinajstić information content (AvgIpc) is 2.96. The maximum atomic E-state index is 11.3. The van der Waals surface area contributed by atoms with E-state index in [4.69, 9.17) is 4.99 Å². The van der Waals surface area contributed by atoms with Crippen LogP contribution in [0.3, 0.4) is 0 Å². The molecule has 4 rings (SSSR count). The van der Waals surface area contributed by atoms with Gasteiger partial charge in [0.2, 0.25) is 0 Å². The van der Waals surface area contributed by atoms with Gasteiger partial charge in [0.25, 0.3) is 5.69 Å². The summed E-state index contributed by atoms with van der Waals surface area (Å²) in [5, 5.41) is 11.3. The molecule has 0 N–H and O–H groups in total. The molecular formula is C25H23N3O2S. The lowest BCUT2D eigenvalue weighted by Crippen LogP contribution is -2.20. The van der Waals surface area contributed by atoms with E-state index in [1.54, 1.807) is 23.9 Å². The first kappa shape index (κ1) is 20.9. The Morgan fingerprint density at radius 3 is 2.65 bits per heavy atom. The van der Waals surface area contributed by atoms with E-state index < -0.39 is 0 Å². The van der Waals surface area contributed by atoms with Crippen molar-refractivity contribution in [2.45, 2.75) is 10.6 Å². The number of anilines is 1. The normalized spacial score (nSPS) is 13.6. The van der Waals surface area contributed by atoms with Crippen LogP contribution < -0.4 is 4.90 Å². The molecule has 0 unspecified atom stereocenters. The minimum Gasteiger partial charge on any atom is -0.372 e. The Hall–Kier alpha value is -3.38. The predicted molar refractivity (Wildman–Crippen MR) is 129 cm³/mol. The Labute approximate surface area is 186 Å². The third-order valence-electron chi connectivity index (χ3n) is 5.17. The molecule has 0 fully saturated rings. The first-order valence-corrected chi connectivity index (χ1v) is 11.1. The molecule has 0 saturated heterocycles. The Kier molecular flexibility index (Phi) is 6.48. The summed E-state index contributed by atoms with van der Waals surface area (Å²) in [5.74, 6) is 0.800. The summed E-state index contributed by atoms with van der Waals surface area (Å²) in [6.45, 7) is 1.55. The molecule has 0 atom stereocenters. The maximum absolute atomic E-state index is 11.3. The monoisotopic (exact) mass is 429 g/mol. The number of non-ortho nitro benzene ring substituents is 1. The largest absolute Gasteiger partial charge is 0.372 e. The number of para-hydroxylation sites is 1. The Morgan fingerprint density at radius 2 is 1.84 bits per heavy atom. The zero-order valence-electron chi connectivity index (χ0n) is 17.3. The van der Waals surface area contributed by atoms with E-state index in [1.807, 2.05) is 48.6 Å². The van der Waals surface area contributed by atoms with Crippen LogP contribution in [0.25, 0.3) is 6.08 Å². The molecular weight excluding hydrogens is 406 g/mol. The van der Waals surface area contributed by atoms with Gasteiger partial charge in [-0.1, -0.05) is 54.6 Å². The highest BCUT2D eigenvalue weighted by Crippen LogP contribution is 2.31. The van der Waals surface area contributed by atoms with Crippen molar-refractivity contribution >= 4 is 34.9 Å². The Morgan fingerprint density at radius 1 is 1.06 bits per heavy atom. The number of allylic oxidation sites excluding steroid dienone is 1. The van der Waals surface area contributed by atoms with Gasteiger partial charge in [-0.15, -0.1) is 11.8 Å². The van der Waals surface area contributed by atoms with Gasteiger partial charge in [0.05, 0.1) is 17.2 Å². The zero-order chi connectivity index (χ0) is 21.6. The molecule has 0 saturated carbocycles. The van der Waals surface area contributed by atoms with Crippen LogP contribution in [0, 0.1) is 10.1 Å². The quantitative estimate of drug-likeness (QED) is 0.281. The van der Waals surface area contributed by atoms with Crippen molar-refractivity contribution in [3.8, 4) is 0 Å². The molecule has 0 aromatic heterocycles. The minimum atomic E-state index is -0.351. The molecule has 1 aliphatic rings. The fourth-order valence-electron chi connectivity index (χ4n) is 3.51. The van der Waals surface area contributed by atoms with Crippen molar-refractivity contribution in [2.24, 2.45) is 4.99 Å². The zero-order valence-corrected chi connectivity index (χ0v) is 18.1. The molecule has 156 valence electrons. The van der Waals surface area contributed by atoms with Crippen molar-refractivity contribution in [1.29, 1.82) is 0 Å². The van der Waals surface area contributed by atoms with Crippen molar-refractivity contribution < 1.29 is 4.92 Å². The lowest BCUT2D eigenvalue weighted by atomic mass is 10.1. The van der Waals surface area contributed by atoms with Crippen molar-refractivity contribution in [3.63, 3.8) is 0 Å². The number of thioether (sulfide) groups is 1. The second-order valence-electron chi connectivity index (χ2n) is 7.29. The number of benzodiazepines with no additional fused rings is 1. The minimum absolute atomic E-state index is 0.0895. The van der Waals surface area contributed by atoms with Gasteiger partial charge in [0, 0.05) is 47.6 Å². The van der Waals surface area contributed by atoms with E-state index in [1.165, 1.54) is 5.56 Å². The standard InChI is InChI=1S/C25H23N3O2S/c1-27-16-15-26-23(22-9-5-6-10-24(22)27)13-11-20-17-21(28(29)30)12-14-25(20)31-18-19-7-3-2-4-8-19/h2-14,17H,15-16,18H2,1H3. The van der Waals surface area contributed by atoms with E-state index in [9.17, 15) is 10.1 Å². The molecule has 3 aromatic rings. The van der Waals surface area contributed by atoms with Crippen LogP contribution in [0.4, 0.5) is 11.4 Å². The van der Waals surface area contributed by atoms with Crippen LogP contribution in [-0.4, -0.2) is 30.8 Å². The summed E-state index contributed by atoms with van der Waals surface area (Å²) in [6.07, 6.45) is 3.92. The number of hydrogen-bond acceptors (Lipinski definition) is 5. The number of nitro benzene ring substituents is 1. The molecule has 0 amide bonds. The highest BCUT2D eigenvalue weighted by Gasteiger charge is 2.15. The highest BCUT2D eigenvalue weighted by molar-refractivity contribution is 7.98. The summed E-state index contributed by atoms with van der Waals surface area (Å²) in [5.41, 5.74) is 5.24. The number of benzene rings is 3. The lowest BCUT2D eigenvalue weighted by Gasteiger charge is -2.18. The third kappa shape index (κ3) is 5.03. The molecule has 31 heavy (non-hydrogen) atoms. The van der Waals surface area contributed by atoms with Crippen molar-refractivity contribution in [1.82, 2.24) is 0 Å². The summed E-state index contributed by atoms with van der Waals surface area (Å²) in [7, 11) is 2.07. The third-order valence-corrected chi connectivity index (χ3v) is 6.33. The molecule has 0 bridgehead atoms. The SMILES string of the molecule is CN1CCN=C(C=Cc2cc([N+](=O)[O-])ccc2SCc2ccccc2)c2ccccc21. The van der Waals surface area contributed by atoms with E-state index >= 15 is 0 Å². The van der Waals surface area contributed by atoms with Crippen LogP contribution in [0.1, 0.15) is 16.7 Å². The number of likely N-dealkylation sites (N-methyl/N-ethyl adjacent to an activating group) is 1. The van der Waals surface area contributed by atoms with Gasteiger partial charge in [-0.2, -0.15) is 0 Å². The van der Waals surface area contributed by atoms with Gasteiger partial charge in [0.15, 0.2) is 0 Å². The van der Waals surface area contributed by atoms with E-state index in [0.717, 1.165) is 39.7 Å². The number of rotatable bonds is 6. The van der Waals surface area contributed by atoms with Gasteiger partial charge in [0.1, 0.15) is 0 Å². The fourth-order valence-corrected chi connectivity index (χ4v) is 4.48. The lowest BCUT2D eigenvalue weighted by molar-refractivity contribution is -0.384.